The van der Waals surface area contributed by atoms with Gasteiger partial charge in [-0.1, -0.05) is 43.5 Å². The van der Waals surface area contributed by atoms with Crippen LogP contribution in [0.5, 0.6) is 0 Å². The fraction of sp³-hybridized carbons (Fsp3) is 0.643. The van der Waals surface area contributed by atoms with Crippen LogP contribution in [0.1, 0.15) is 90.0 Å². The molecule has 0 aliphatic heterocycles. The maximum absolute atomic E-state index is 13.7. The number of rotatable bonds is 13. The Morgan fingerprint density at radius 2 is 1.73 bits per heavy atom. The number of unbranched alkanes of at least 4 members (excludes halogenated alkanes) is 2. The summed E-state index contributed by atoms with van der Waals surface area (Å²) in [6, 6.07) is 3.86. The molecule has 37 heavy (non-hydrogen) atoms. The van der Waals surface area contributed by atoms with E-state index in [0.29, 0.717) is 18.5 Å². The van der Waals surface area contributed by atoms with E-state index in [-0.39, 0.29) is 19.6 Å². The largest absolute Gasteiger partial charge is 0.466 e. The van der Waals surface area contributed by atoms with Crippen molar-refractivity contribution < 1.29 is 28.7 Å². The summed E-state index contributed by atoms with van der Waals surface area (Å²) in [6.07, 6.45) is 1.83. The van der Waals surface area contributed by atoms with E-state index in [1.54, 1.807) is 34.6 Å². The van der Waals surface area contributed by atoms with Crippen LogP contribution >= 0.6 is 0 Å². The SMILES string of the molecule is CCCCCN(C(=O)C(C)NC(=O)OC(C)(C)C)C(C(=O)NCCC(=O)OCC)c1ccc(C)cc1C. The summed E-state index contributed by atoms with van der Waals surface area (Å²) >= 11 is 0. The molecule has 1 aromatic rings. The minimum absolute atomic E-state index is 0.0273. The number of amides is 3. The second-order valence-corrected chi connectivity index (χ2v) is 10.2. The van der Waals surface area contributed by atoms with Crippen molar-refractivity contribution in [3.8, 4) is 0 Å². The van der Waals surface area contributed by atoms with Gasteiger partial charge in [0.05, 0.1) is 13.0 Å². The molecule has 2 unspecified atom stereocenters. The molecule has 3 amide bonds. The van der Waals surface area contributed by atoms with Gasteiger partial charge in [0, 0.05) is 13.1 Å². The normalized spacial score (nSPS) is 12.8. The number of esters is 1. The number of aryl methyl sites for hydroxylation is 2. The van der Waals surface area contributed by atoms with Crippen molar-refractivity contribution in [2.24, 2.45) is 0 Å². The smallest absolute Gasteiger partial charge is 0.408 e. The molecule has 0 aromatic heterocycles. The highest BCUT2D eigenvalue weighted by atomic mass is 16.6. The fourth-order valence-electron chi connectivity index (χ4n) is 3.89. The second-order valence-electron chi connectivity index (χ2n) is 10.2. The highest BCUT2D eigenvalue weighted by Gasteiger charge is 2.35. The highest BCUT2D eigenvalue weighted by Crippen LogP contribution is 2.27. The van der Waals surface area contributed by atoms with Gasteiger partial charge in [-0.15, -0.1) is 0 Å². The van der Waals surface area contributed by atoms with E-state index in [2.05, 4.69) is 17.6 Å². The van der Waals surface area contributed by atoms with Crippen molar-refractivity contribution in [2.45, 2.75) is 98.8 Å². The van der Waals surface area contributed by atoms with Crippen molar-refractivity contribution in [1.82, 2.24) is 15.5 Å². The number of hydrogen-bond acceptors (Lipinski definition) is 6. The number of nitrogens with zero attached hydrogens (tertiary/aromatic N) is 1. The lowest BCUT2D eigenvalue weighted by atomic mass is 9.96. The molecule has 9 heteroatoms. The summed E-state index contributed by atoms with van der Waals surface area (Å²) in [5.41, 5.74) is 1.88. The Balaban J connectivity index is 3.31. The van der Waals surface area contributed by atoms with Crippen LogP contribution in [0.15, 0.2) is 18.2 Å². The van der Waals surface area contributed by atoms with Gasteiger partial charge in [0.2, 0.25) is 11.8 Å². The quantitative estimate of drug-likeness (QED) is 0.296. The molecule has 1 aromatic carbocycles. The summed E-state index contributed by atoms with van der Waals surface area (Å²) in [5.74, 6) is -1.20. The monoisotopic (exact) mass is 519 g/mol. The molecule has 0 fully saturated rings. The van der Waals surface area contributed by atoms with Crippen LogP contribution < -0.4 is 10.6 Å². The number of hydrogen-bond donors (Lipinski definition) is 2. The van der Waals surface area contributed by atoms with Gasteiger partial charge in [0.1, 0.15) is 17.7 Å². The molecule has 0 spiro atoms. The third-order valence-corrected chi connectivity index (χ3v) is 5.60. The van der Waals surface area contributed by atoms with Crippen molar-refractivity contribution in [3.05, 3.63) is 34.9 Å². The lowest BCUT2D eigenvalue weighted by molar-refractivity contribution is -0.144. The first kappa shape index (κ1) is 31.9. The minimum Gasteiger partial charge on any atom is -0.466 e. The molecule has 1 rings (SSSR count). The number of carbonyl (C=O) groups excluding carboxylic acids is 4. The van der Waals surface area contributed by atoms with E-state index in [9.17, 15) is 19.2 Å². The molecule has 2 N–H and O–H groups in total. The Morgan fingerprint density at radius 1 is 1.05 bits per heavy atom. The third kappa shape index (κ3) is 11.2. The molecular formula is C28H45N3O6. The molecule has 0 aliphatic carbocycles. The van der Waals surface area contributed by atoms with E-state index in [1.807, 2.05) is 32.0 Å². The zero-order valence-corrected chi connectivity index (χ0v) is 23.7. The molecule has 2 atom stereocenters. The number of ether oxygens (including phenoxy) is 2. The van der Waals surface area contributed by atoms with Crippen molar-refractivity contribution in [3.63, 3.8) is 0 Å². The molecule has 208 valence electrons. The summed E-state index contributed by atoms with van der Waals surface area (Å²) in [4.78, 5) is 52.9. The first-order valence-corrected chi connectivity index (χ1v) is 13.1. The van der Waals surface area contributed by atoms with Crippen LogP contribution in [0.3, 0.4) is 0 Å². The van der Waals surface area contributed by atoms with Crippen molar-refractivity contribution in [1.29, 1.82) is 0 Å². The average molecular weight is 520 g/mol. The minimum atomic E-state index is -0.935. The van der Waals surface area contributed by atoms with Crippen molar-refractivity contribution >= 4 is 23.9 Å². The van der Waals surface area contributed by atoms with Crippen molar-refractivity contribution in [2.75, 3.05) is 19.7 Å². The first-order chi connectivity index (χ1) is 17.3. The van der Waals surface area contributed by atoms with Crippen LogP contribution in [0.2, 0.25) is 0 Å². The van der Waals surface area contributed by atoms with E-state index in [0.717, 1.165) is 24.0 Å². The van der Waals surface area contributed by atoms with Gasteiger partial charge in [-0.25, -0.2) is 4.79 Å². The lowest BCUT2D eigenvalue weighted by Crippen LogP contribution is -2.52. The molecule has 0 heterocycles. The van der Waals surface area contributed by atoms with Crippen LogP contribution in [0.25, 0.3) is 0 Å². The van der Waals surface area contributed by atoms with Gasteiger partial charge in [0.15, 0.2) is 0 Å². The Labute approximate surface area is 221 Å². The summed E-state index contributed by atoms with van der Waals surface area (Å²) < 4.78 is 10.3. The maximum Gasteiger partial charge on any atom is 0.408 e. The lowest BCUT2D eigenvalue weighted by Gasteiger charge is -2.34. The Bertz CT molecular complexity index is 925. The van der Waals surface area contributed by atoms with Crippen LogP contribution in [-0.2, 0) is 23.9 Å². The number of nitrogens with one attached hydrogen (secondary N) is 2. The Hall–Kier alpha value is -3.10. The summed E-state index contributed by atoms with van der Waals surface area (Å²) in [7, 11) is 0. The van der Waals surface area contributed by atoms with Crippen LogP contribution in [0, 0.1) is 13.8 Å². The maximum atomic E-state index is 13.7. The number of carbonyl (C=O) groups is 4. The Kier molecular flexibility index (Phi) is 13.1. The molecule has 0 saturated carbocycles. The van der Waals surface area contributed by atoms with Gasteiger partial charge < -0.3 is 25.0 Å². The van der Waals surface area contributed by atoms with E-state index >= 15 is 0 Å². The second kappa shape index (κ2) is 15.2. The fourth-order valence-corrected chi connectivity index (χ4v) is 3.89. The van der Waals surface area contributed by atoms with Gasteiger partial charge in [0.25, 0.3) is 0 Å². The molecule has 0 saturated heterocycles. The number of alkyl carbamates (subject to hydrolysis) is 1. The zero-order valence-electron chi connectivity index (χ0n) is 23.7. The highest BCUT2D eigenvalue weighted by molar-refractivity contribution is 5.92. The van der Waals surface area contributed by atoms with E-state index in [4.69, 9.17) is 9.47 Å². The summed E-state index contributed by atoms with van der Waals surface area (Å²) in [5, 5.41) is 5.41. The van der Waals surface area contributed by atoms with Gasteiger partial charge >= 0.3 is 12.1 Å². The van der Waals surface area contributed by atoms with E-state index < -0.39 is 41.6 Å². The van der Waals surface area contributed by atoms with Crippen LogP contribution in [0.4, 0.5) is 4.79 Å². The van der Waals surface area contributed by atoms with E-state index in [1.165, 1.54) is 4.90 Å². The predicted octanol–water partition coefficient (Wildman–Crippen LogP) is 4.35. The first-order valence-electron chi connectivity index (χ1n) is 13.1. The van der Waals surface area contributed by atoms with Gasteiger partial charge in [-0.05, 0) is 66.0 Å². The van der Waals surface area contributed by atoms with Crippen LogP contribution in [-0.4, -0.2) is 60.1 Å². The Morgan fingerprint density at radius 3 is 2.30 bits per heavy atom. The number of benzene rings is 1. The standard InChI is InChI=1S/C28H45N3O6/c1-9-11-12-17-31(26(34)21(5)30-27(35)37-28(6,7)8)24(22-14-13-19(3)18-20(22)4)25(33)29-16-15-23(32)36-10-2/h13-14,18,21,24H,9-12,15-17H2,1-8H3,(H,29,33)(H,30,35). The third-order valence-electron chi connectivity index (χ3n) is 5.60. The predicted molar refractivity (Wildman–Crippen MR) is 143 cm³/mol. The molecule has 9 nitrogen and oxygen atoms in total. The van der Waals surface area contributed by atoms with Gasteiger partial charge in [-0.3, -0.25) is 14.4 Å². The summed E-state index contributed by atoms with van der Waals surface area (Å²) in [6.45, 7) is 15.1. The molecule has 0 aliphatic rings. The van der Waals surface area contributed by atoms with Gasteiger partial charge in [-0.2, -0.15) is 0 Å². The topological polar surface area (TPSA) is 114 Å². The average Bonchev–Trinajstić information content (AvgIpc) is 2.78. The molecule has 0 radical (unpaired) electrons. The molecular weight excluding hydrogens is 474 g/mol. The zero-order chi connectivity index (χ0) is 28.2. The molecule has 0 bridgehead atoms.